The Labute approximate surface area is 157 Å². The first kappa shape index (κ1) is 21.8. The Balaban J connectivity index is 2.56. The standard InChI is InChI=1S/C18H30ClN3O2S/c1-5-20-17(21-12-10-15-8-6-7-9-16(15)19)22-14-18(2,3)11-13-25(4,23)24/h6-9H,5,10-14H2,1-4H3,(H2,20,21,22). The van der Waals surface area contributed by atoms with Crippen molar-refractivity contribution in [2.24, 2.45) is 10.4 Å². The lowest BCUT2D eigenvalue weighted by molar-refractivity contribution is 0.365. The monoisotopic (exact) mass is 387 g/mol. The van der Waals surface area contributed by atoms with Gasteiger partial charge in [-0.1, -0.05) is 43.6 Å². The lowest BCUT2D eigenvalue weighted by atomic mass is 9.90. The zero-order chi connectivity index (χ0) is 18.9. The second kappa shape index (κ2) is 10.0. The molecular weight excluding hydrogens is 358 g/mol. The molecule has 0 bridgehead atoms. The average molecular weight is 388 g/mol. The number of nitrogens with zero attached hydrogens (tertiary/aromatic N) is 1. The summed E-state index contributed by atoms with van der Waals surface area (Å²) in [6.45, 7) is 8.13. The van der Waals surface area contributed by atoms with E-state index in [4.69, 9.17) is 11.6 Å². The maximum Gasteiger partial charge on any atom is 0.191 e. The molecular formula is C18H30ClN3O2S. The third-order valence-corrected chi connectivity index (χ3v) is 5.12. The highest BCUT2D eigenvalue weighted by atomic mass is 35.5. The SMILES string of the molecule is CCNC(=NCC(C)(C)CCS(C)(=O)=O)NCCc1ccccc1Cl. The van der Waals surface area contributed by atoms with Gasteiger partial charge in [0.15, 0.2) is 5.96 Å². The first-order valence-electron chi connectivity index (χ1n) is 8.56. The summed E-state index contributed by atoms with van der Waals surface area (Å²) in [7, 11) is -2.95. The summed E-state index contributed by atoms with van der Waals surface area (Å²) < 4.78 is 22.7. The van der Waals surface area contributed by atoms with E-state index in [9.17, 15) is 8.42 Å². The topological polar surface area (TPSA) is 70.6 Å². The third-order valence-electron chi connectivity index (χ3n) is 3.80. The highest BCUT2D eigenvalue weighted by Gasteiger charge is 2.20. The number of hydrogen-bond acceptors (Lipinski definition) is 3. The Bertz CT molecular complexity index is 673. The molecule has 0 unspecified atom stereocenters. The normalized spacial score (nSPS) is 12.9. The maximum atomic E-state index is 11.4. The van der Waals surface area contributed by atoms with E-state index in [-0.39, 0.29) is 11.2 Å². The minimum Gasteiger partial charge on any atom is -0.357 e. The van der Waals surface area contributed by atoms with Gasteiger partial charge in [-0.15, -0.1) is 0 Å². The van der Waals surface area contributed by atoms with Gasteiger partial charge in [0.2, 0.25) is 0 Å². The van der Waals surface area contributed by atoms with Crippen LogP contribution in [0, 0.1) is 5.41 Å². The molecule has 1 rings (SSSR count). The number of halogens is 1. The summed E-state index contributed by atoms with van der Waals surface area (Å²) in [5, 5.41) is 7.29. The van der Waals surface area contributed by atoms with Crippen molar-refractivity contribution in [1.29, 1.82) is 0 Å². The molecule has 0 radical (unpaired) electrons. The summed E-state index contributed by atoms with van der Waals surface area (Å²) in [5.41, 5.74) is 0.926. The Morgan fingerprint density at radius 2 is 1.92 bits per heavy atom. The second-order valence-electron chi connectivity index (χ2n) is 7.01. The van der Waals surface area contributed by atoms with Crippen LogP contribution in [0.25, 0.3) is 0 Å². The van der Waals surface area contributed by atoms with Crippen molar-refractivity contribution in [2.45, 2.75) is 33.6 Å². The van der Waals surface area contributed by atoms with Crippen molar-refractivity contribution in [1.82, 2.24) is 10.6 Å². The fourth-order valence-corrected chi connectivity index (χ4v) is 3.35. The van der Waals surface area contributed by atoms with Crippen LogP contribution in [-0.4, -0.2) is 46.0 Å². The van der Waals surface area contributed by atoms with E-state index in [0.29, 0.717) is 13.0 Å². The van der Waals surface area contributed by atoms with Crippen LogP contribution in [0.1, 0.15) is 32.8 Å². The van der Waals surface area contributed by atoms with Crippen molar-refractivity contribution in [3.05, 3.63) is 34.9 Å². The van der Waals surface area contributed by atoms with Crippen LogP contribution in [0.15, 0.2) is 29.3 Å². The number of sulfone groups is 1. The van der Waals surface area contributed by atoms with E-state index < -0.39 is 9.84 Å². The molecule has 0 saturated carbocycles. The highest BCUT2D eigenvalue weighted by molar-refractivity contribution is 7.90. The minimum atomic E-state index is -2.95. The van der Waals surface area contributed by atoms with E-state index >= 15 is 0 Å². The second-order valence-corrected chi connectivity index (χ2v) is 9.67. The third kappa shape index (κ3) is 9.70. The summed E-state index contributed by atoms with van der Waals surface area (Å²) in [5.74, 6) is 0.924. The van der Waals surface area contributed by atoms with Crippen molar-refractivity contribution >= 4 is 27.4 Å². The molecule has 0 atom stereocenters. The van der Waals surface area contributed by atoms with Gasteiger partial charge in [0.1, 0.15) is 9.84 Å². The van der Waals surface area contributed by atoms with Gasteiger partial charge in [-0.25, -0.2) is 8.42 Å². The van der Waals surface area contributed by atoms with E-state index in [0.717, 1.165) is 36.1 Å². The number of guanidine groups is 1. The van der Waals surface area contributed by atoms with Gasteiger partial charge in [-0.3, -0.25) is 4.99 Å². The average Bonchev–Trinajstić information content (AvgIpc) is 2.52. The summed E-state index contributed by atoms with van der Waals surface area (Å²) in [6.07, 6.45) is 2.67. The molecule has 7 heteroatoms. The van der Waals surface area contributed by atoms with E-state index in [1.165, 1.54) is 6.26 Å². The molecule has 142 valence electrons. The van der Waals surface area contributed by atoms with Gasteiger partial charge in [0.05, 0.1) is 5.75 Å². The summed E-state index contributed by atoms with van der Waals surface area (Å²) in [4.78, 5) is 4.61. The molecule has 0 aliphatic heterocycles. The first-order chi connectivity index (χ1) is 11.6. The van der Waals surface area contributed by atoms with Crippen LogP contribution < -0.4 is 10.6 Å². The lowest BCUT2D eigenvalue weighted by Crippen LogP contribution is -2.39. The largest absolute Gasteiger partial charge is 0.357 e. The van der Waals surface area contributed by atoms with Crippen LogP contribution in [-0.2, 0) is 16.3 Å². The van der Waals surface area contributed by atoms with Gasteiger partial charge in [0, 0.05) is 30.9 Å². The van der Waals surface area contributed by atoms with Gasteiger partial charge < -0.3 is 10.6 Å². The molecule has 0 spiro atoms. The maximum absolute atomic E-state index is 11.4. The van der Waals surface area contributed by atoms with Gasteiger partial charge in [-0.2, -0.15) is 0 Å². The van der Waals surface area contributed by atoms with Crippen molar-refractivity contribution in [3.8, 4) is 0 Å². The molecule has 0 saturated heterocycles. The molecule has 1 aromatic carbocycles. The number of nitrogens with one attached hydrogen (secondary N) is 2. The molecule has 0 aliphatic carbocycles. The molecule has 1 aromatic rings. The molecule has 0 aromatic heterocycles. The Morgan fingerprint density at radius 3 is 2.52 bits per heavy atom. The molecule has 0 fully saturated rings. The zero-order valence-electron chi connectivity index (χ0n) is 15.6. The van der Waals surface area contributed by atoms with Crippen LogP contribution >= 0.6 is 11.6 Å². The first-order valence-corrected chi connectivity index (χ1v) is 11.0. The van der Waals surface area contributed by atoms with Crippen molar-refractivity contribution < 1.29 is 8.42 Å². The number of rotatable bonds is 9. The lowest BCUT2D eigenvalue weighted by Gasteiger charge is -2.22. The molecule has 25 heavy (non-hydrogen) atoms. The van der Waals surface area contributed by atoms with Crippen LogP contribution in [0.2, 0.25) is 5.02 Å². The fraction of sp³-hybridized carbons (Fsp3) is 0.611. The van der Waals surface area contributed by atoms with Crippen LogP contribution in [0.5, 0.6) is 0 Å². The molecule has 0 heterocycles. The predicted molar refractivity (Wildman–Crippen MR) is 107 cm³/mol. The van der Waals surface area contributed by atoms with E-state index in [1.807, 2.05) is 45.0 Å². The Hall–Kier alpha value is -1.27. The summed E-state index contributed by atoms with van der Waals surface area (Å²) >= 11 is 6.17. The number of hydrogen-bond donors (Lipinski definition) is 2. The predicted octanol–water partition coefficient (Wildman–Crippen LogP) is 2.90. The molecule has 2 N–H and O–H groups in total. The van der Waals surface area contributed by atoms with Crippen molar-refractivity contribution in [2.75, 3.05) is 31.6 Å². The highest BCUT2D eigenvalue weighted by Crippen LogP contribution is 2.21. The minimum absolute atomic E-state index is 0.172. The summed E-state index contributed by atoms with van der Waals surface area (Å²) in [6, 6.07) is 7.80. The quantitative estimate of drug-likeness (QED) is 0.505. The van der Waals surface area contributed by atoms with Crippen molar-refractivity contribution in [3.63, 3.8) is 0 Å². The zero-order valence-corrected chi connectivity index (χ0v) is 17.2. The Morgan fingerprint density at radius 1 is 1.24 bits per heavy atom. The smallest absolute Gasteiger partial charge is 0.191 e. The van der Waals surface area contributed by atoms with E-state index in [1.54, 1.807) is 0 Å². The van der Waals surface area contributed by atoms with Crippen LogP contribution in [0.3, 0.4) is 0 Å². The molecule has 0 amide bonds. The van der Waals surface area contributed by atoms with Gasteiger partial charge in [0.25, 0.3) is 0 Å². The molecule has 0 aliphatic rings. The van der Waals surface area contributed by atoms with Crippen LogP contribution in [0.4, 0.5) is 0 Å². The Kier molecular flexibility index (Phi) is 8.73. The van der Waals surface area contributed by atoms with Gasteiger partial charge >= 0.3 is 0 Å². The number of aliphatic imine (C=N–C) groups is 1. The molecule has 5 nitrogen and oxygen atoms in total. The van der Waals surface area contributed by atoms with E-state index in [2.05, 4.69) is 15.6 Å². The number of benzene rings is 1. The fourth-order valence-electron chi connectivity index (χ4n) is 2.19. The van der Waals surface area contributed by atoms with Gasteiger partial charge in [-0.05, 0) is 36.8 Å².